The summed E-state index contributed by atoms with van der Waals surface area (Å²) < 4.78 is 43.9. The minimum Gasteiger partial charge on any atom is -0.497 e. The fraction of sp³-hybridized carbons (Fsp3) is 0.512. The van der Waals surface area contributed by atoms with Gasteiger partial charge < -0.3 is 18.9 Å². The van der Waals surface area contributed by atoms with Crippen molar-refractivity contribution in [2.45, 2.75) is 122 Å². The Bertz CT molecular complexity index is 2260. The van der Waals surface area contributed by atoms with Gasteiger partial charge in [0, 0.05) is 35.1 Å². The van der Waals surface area contributed by atoms with Gasteiger partial charge in [0.2, 0.25) is 10.0 Å². The molecule has 2 aliphatic heterocycles. The first-order valence-electron chi connectivity index (χ1n) is 19.7. The number of ether oxygens (including phenoxy) is 2. The Kier molecular flexibility index (Phi) is 10.5. The van der Waals surface area contributed by atoms with Crippen LogP contribution < -0.4 is 9.46 Å². The van der Waals surface area contributed by atoms with E-state index in [9.17, 15) is 18.0 Å². The zero-order valence-corrected chi connectivity index (χ0v) is 34.3. The molecule has 2 aromatic carbocycles. The van der Waals surface area contributed by atoms with Crippen molar-refractivity contribution in [1.29, 1.82) is 0 Å². The maximum absolute atomic E-state index is 14.6. The van der Waals surface area contributed by atoms with Crippen LogP contribution in [0.25, 0.3) is 27.7 Å². The molecule has 2 fully saturated rings. The molecular formula is C43H55N5O6S. The number of hydrogen-bond acceptors (Lipinski definition) is 7. The van der Waals surface area contributed by atoms with Gasteiger partial charge in [-0.3, -0.25) is 14.3 Å². The third-order valence-electron chi connectivity index (χ3n) is 11.3. The molecule has 3 aliphatic rings. The zero-order chi connectivity index (χ0) is 39.4. The highest BCUT2D eigenvalue weighted by atomic mass is 32.2. The average Bonchev–Trinajstić information content (AvgIpc) is 3.71. The normalized spacial score (nSPS) is 19.7. The lowest BCUT2D eigenvalue weighted by molar-refractivity contribution is -0.0586. The first-order valence-corrected chi connectivity index (χ1v) is 21.2. The molecule has 12 heteroatoms. The third-order valence-corrected chi connectivity index (χ3v) is 13.1. The highest BCUT2D eigenvalue weighted by Crippen LogP contribution is 2.47. The molecule has 2 unspecified atom stereocenters. The summed E-state index contributed by atoms with van der Waals surface area (Å²) in [5.74, 6) is 0.318. The van der Waals surface area contributed by atoms with Gasteiger partial charge in [-0.15, -0.1) is 0 Å². The van der Waals surface area contributed by atoms with Crippen molar-refractivity contribution in [2.24, 2.45) is 0 Å². The molecule has 4 aromatic rings. The van der Waals surface area contributed by atoms with Crippen molar-refractivity contribution in [3.63, 3.8) is 0 Å². The summed E-state index contributed by atoms with van der Waals surface area (Å²) >= 11 is 0. The van der Waals surface area contributed by atoms with Gasteiger partial charge in [-0.25, -0.2) is 13.1 Å². The maximum Gasteiger partial charge on any atom is 0.264 e. The highest BCUT2D eigenvalue weighted by molar-refractivity contribution is 7.90. The summed E-state index contributed by atoms with van der Waals surface area (Å²) in [5, 5.41) is 5.17. The average molecular weight is 770 g/mol. The number of allylic oxidation sites excluding steroid dienone is 2. The zero-order valence-electron chi connectivity index (χ0n) is 33.4. The van der Waals surface area contributed by atoms with E-state index in [4.69, 9.17) is 14.6 Å². The number of carbonyl (C=O) groups is 2. The van der Waals surface area contributed by atoms with E-state index in [1.807, 2.05) is 41.6 Å². The van der Waals surface area contributed by atoms with Crippen molar-refractivity contribution in [3.8, 4) is 17.0 Å². The molecule has 0 bridgehead atoms. The molecule has 2 aromatic heterocycles. The molecule has 2 atom stereocenters. The molecule has 11 nitrogen and oxygen atoms in total. The number of fused-ring (bicyclic) bond motifs is 5. The van der Waals surface area contributed by atoms with Gasteiger partial charge in [-0.2, -0.15) is 5.10 Å². The van der Waals surface area contributed by atoms with Gasteiger partial charge in [-0.05, 0) is 121 Å². The maximum atomic E-state index is 14.6. The van der Waals surface area contributed by atoms with Crippen LogP contribution in [-0.2, 0) is 33.3 Å². The molecule has 1 saturated carbocycles. The van der Waals surface area contributed by atoms with Crippen LogP contribution in [-0.4, -0.2) is 77.1 Å². The van der Waals surface area contributed by atoms with E-state index in [2.05, 4.69) is 48.3 Å². The first kappa shape index (κ1) is 38.8. The Hall–Kier alpha value is -4.42. The summed E-state index contributed by atoms with van der Waals surface area (Å²) in [5.41, 5.74) is 7.41. The van der Waals surface area contributed by atoms with Crippen LogP contribution >= 0.6 is 0 Å². The van der Waals surface area contributed by atoms with Gasteiger partial charge in [0.1, 0.15) is 5.75 Å². The number of morpholine rings is 1. The fourth-order valence-corrected chi connectivity index (χ4v) is 9.27. The Morgan fingerprint density at radius 2 is 1.69 bits per heavy atom. The van der Waals surface area contributed by atoms with Gasteiger partial charge in [0.05, 0.1) is 59.8 Å². The minimum absolute atomic E-state index is 0.0802. The van der Waals surface area contributed by atoms with E-state index in [1.54, 1.807) is 33.2 Å². The molecular weight excluding hydrogens is 715 g/mol. The lowest BCUT2D eigenvalue weighted by Crippen LogP contribution is -2.48. The Morgan fingerprint density at radius 1 is 0.982 bits per heavy atom. The SMILES string of the molecule is COc1ccc2c(c1)CC=C(c1c(C(=O)N3CC(C)OC(C)C3)cnn1C(C)(C)C)Cn1c-2c(C2CCCCC2)c2ccc(C(=O)NS(=O)(=O)C(C)C)cc21. The number of nitrogens with zero attached hydrogens (tertiary/aromatic N) is 4. The number of hydrogen-bond donors (Lipinski definition) is 1. The molecule has 2 amide bonds. The van der Waals surface area contributed by atoms with Crippen LogP contribution in [0.2, 0.25) is 0 Å². The number of carbonyl (C=O) groups excluding carboxylic acids is 2. The largest absolute Gasteiger partial charge is 0.497 e. The van der Waals surface area contributed by atoms with Crippen LogP contribution in [0, 0.1) is 0 Å². The third kappa shape index (κ3) is 7.47. The smallest absolute Gasteiger partial charge is 0.264 e. The van der Waals surface area contributed by atoms with E-state index in [0.717, 1.165) is 70.4 Å². The first-order chi connectivity index (χ1) is 26.1. The van der Waals surface area contributed by atoms with E-state index >= 15 is 0 Å². The predicted molar refractivity (Wildman–Crippen MR) is 216 cm³/mol. The molecule has 7 rings (SSSR count). The van der Waals surface area contributed by atoms with Crippen LogP contribution in [0.1, 0.15) is 124 Å². The summed E-state index contributed by atoms with van der Waals surface area (Å²) in [4.78, 5) is 30.0. The van der Waals surface area contributed by atoms with Crippen LogP contribution in [0.4, 0.5) is 0 Å². The Labute approximate surface area is 325 Å². The predicted octanol–water partition coefficient (Wildman–Crippen LogP) is 7.67. The Morgan fingerprint density at radius 3 is 2.35 bits per heavy atom. The number of benzene rings is 2. The Balaban J connectivity index is 1.48. The van der Waals surface area contributed by atoms with Crippen LogP contribution in [0.5, 0.6) is 5.75 Å². The molecule has 1 saturated heterocycles. The van der Waals surface area contributed by atoms with Gasteiger partial charge in [-0.1, -0.05) is 31.4 Å². The van der Waals surface area contributed by atoms with E-state index in [1.165, 1.54) is 12.0 Å². The second kappa shape index (κ2) is 14.9. The monoisotopic (exact) mass is 769 g/mol. The molecule has 0 radical (unpaired) electrons. The standard InChI is InChI=1S/C43H55N5O6S/c1-26(2)55(51,52)45-41(49)31-16-18-35-37(21-31)47-25-32(39-36(22-44-48(39)43(5,6)7)42(50)46-23-27(3)54-28(4)24-46)15-14-30-20-33(53-8)17-19-34(30)40(47)38(35)29-12-10-9-11-13-29/h15-22,26-29H,9-14,23-25H2,1-8H3,(H,45,49). The molecule has 294 valence electrons. The quantitative estimate of drug-likeness (QED) is 0.205. The number of rotatable bonds is 7. The van der Waals surface area contributed by atoms with Crippen molar-refractivity contribution in [2.75, 3.05) is 20.2 Å². The molecule has 55 heavy (non-hydrogen) atoms. The van der Waals surface area contributed by atoms with Crippen molar-refractivity contribution < 1.29 is 27.5 Å². The van der Waals surface area contributed by atoms with Gasteiger partial charge in [0.15, 0.2) is 0 Å². The van der Waals surface area contributed by atoms with Gasteiger partial charge in [0.25, 0.3) is 11.8 Å². The summed E-state index contributed by atoms with van der Waals surface area (Å²) in [6, 6.07) is 11.8. The van der Waals surface area contributed by atoms with E-state index in [0.29, 0.717) is 37.5 Å². The molecule has 4 heterocycles. The minimum atomic E-state index is -3.85. The lowest BCUT2D eigenvalue weighted by atomic mass is 9.81. The molecule has 1 N–H and O–H groups in total. The lowest BCUT2D eigenvalue weighted by Gasteiger charge is -2.35. The van der Waals surface area contributed by atoms with Crippen LogP contribution in [0.15, 0.2) is 48.7 Å². The highest BCUT2D eigenvalue weighted by Gasteiger charge is 2.35. The number of methoxy groups -OCH3 is 1. The fourth-order valence-electron chi connectivity index (χ4n) is 8.66. The van der Waals surface area contributed by atoms with Crippen molar-refractivity contribution in [3.05, 3.63) is 76.6 Å². The molecule has 0 spiro atoms. The second-order valence-electron chi connectivity index (χ2n) is 16.9. The second-order valence-corrected chi connectivity index (χ2v) is 19.1. The van der Waals surface area contributed by atoms with Crippen molar-refractivity contribution >= 4 is 38.3 Å². The van der Waals surface area contributed by atoms with E-state index in [-0.39, 0.29) is 23.7 Å². The van der Waals surface area contributed by atoms with Crippen LogP contribution in [0.3, 0.4) is 0 Å². The van der Waals surface area contributed by atoms with E-state index < -0.39 is 26.7 Å². The summed E-state index contributed by atoms with van der Waals surface area (Å²) in [6.45, 7) is 14.7. The summed E-state index contributed by atoms with van der Waals surface area (Å²) in [6.07, 6.45) is 9.94. The topological polar surface area (TPSA) is 125 Å². The van der Waals surface area contributed by atoms with Crippen molar-refractivity contribution in [1.82, 2.24) is 24.0 Å². The number of amides is 2. The van der Waals surface area contributed by atoms with Gasteiger partial charge >= 0.3 is 0 Å². The number of nitrogens with one attached hydrogen (secondary N) is 1. The summed E-state index contributed by atoms with van der Waals surface area (Å²) in [7, 11) is -2.18. The number of aromatic nitrogens is 3. The number of sulfonamides is 1. The molecule has 1 aliphatic carbocycles.